The second-order valence-corrected chi connectivity index (χ2v) is 19.9. The lowest BCUT2D eigenvalue weighted by molar-refractivity contribution is -0.144. The Morgan fingerprint density at radius 3 is 1.50 bits per heavy atom. The molecule has 0 radical (unpaired) electrons. The van der Waals surface area contributed by atoms with Crippen molar-refractivity contribution in [1.29, 1.82) is 0 Å². The molecule has 274 valence electrons. The molecule has 0 spiro atoms. The van der Waals surface area contributed by atoms with Gasteiger partial charge in [0.15, 0.2) is 0 Å². The Labute approximate surface area is 301 Å². The number of benzene rings is 3. The normalized spacial score (nSPS) is 13.3. The SMILES string of the molecule is CC(C)(C)c1cc(C(C)(C)C)c2op(OCCOC(=O)CCc3ccc(O)c(C(C)(C)C)c3)oc3c(C(C)(C)C)cc(C(C)(C)C)cc3c2c1. The molecule has 0 saturated heterocycles. The third kappa shape index (κ3) is 9.36. The molecule has 4 aromatic rings. The first-order chi connectivity index (χ1) is 22.8. The smallest absolute Gasteiger partial charge is 0.387 e. The molecule has 3 aromatic carbocycles. The average molecular weight is 705 g/mol. The molecule has 0 unspecified atom stereocenters. The van der Waals surface area contributed by atoms with Crippen LogP contribution >= 0.6 is 8.24 Å². The molecule has 1 N–H and O–H groups in total. The van der Waals surface area contributed by atoms with Gasteiger partial charge in [-0.15, -0.1) is 0 Å². The monoisotopic (exact) mass is 704 g/mol. The number of aryl methyl sites for hydroxylation is 1. The molecule has 7 heteroatoms. The van der Waals surface area contributed by atoms with E-state index in [0.29, 0.717) is 6.42 Å². The lowest BCUT2D eigenvalue weighted by Crippen LogP contribution is -2.17. The predicted molar refractivity (Wildman–Crippen MR) is 209 cm³/mol. The van der Waals surface area contributed by atoms with E-state index in [2.05, 4.69) is 128 Å². The largest absolute Gasteiger partial charge is 0.508 e. The number of fused-ring (bicyclic) bond motifs is 3. The molecule has 1 heterocycles. The van der Waals surface area contributed by atoms with Crippen LogP contribution < -0.4 is 4.52 Å². The number of hydrogen-bond donors (Lipinski definition) is 1. The van der Waals surface area contributed by atoms with Gasteiger partial charge in [0.2, 0.25) is 0 Å². The van der Waals surface area contributed by atoms with E-state index in [1.807, 2.05) is 12.1 Å². The molecule has 0 saturated carbocycles. The Hall–Kier alpha value is -3.21. The van der Waals surface area contributed by atoms with Gasteiger partial charge < -0.3 is 18.2 Å². The lowest BCUT2D eigenvalue weighted by atomic mass is 9.77. The highest BCUT2D eigenvalue weighted by Crippen LogP contribution is 2.45. The Morgan fingerprint density at radius 2 is 1.08 bits per heavy atom. The van der Waals surface area contributed by atoms with E-state index < -0.39 is 8.24 Å². The van der Waals surface area contributed by atoms with Crippen molar-refractivity contribution in [3.05, 3.63) is 75.8 Å². The van der Waals surface area contributed by atoms with Crippen molar-refractivity contribution < 1.29 is 27.6 Å². The fourth-order valence-corrected chi connectivity index (χ4v) is 7.04. The van der Waals surface area contributed by atoms with Gasteiger partial charge in [0.05, 0.1) is 6.61 Å². The van der Waals surface area contributed by atoms with Crippen molar-refractivity contribution in [2.24, 2.45) is 0 Å². The van der Waals surface area contributed by atoms with E-state index in [0.717, 1.165) is 44.2 Å². The van der Waals surface area contributed by atoms with E-state index in [1.165, 1.54) is 11.1 Å². The number of aromatic hydroxyl groups is 1. The van der Waals surface area contributed by atoms with Crippen molar-refractivity contribution in [1.82, 2.24) is 0 Å². The molecule has 0 amide bonds. The molecule has 0 aliphatic carbocycles. The maximum atomic E-state index is 12.7. The molecule has 1 aromatic heterocycles. The van der Waals surface area contributed by atoms with Gasteiger partial charge in [-0.3, -0.25) is 9.32 Å². The van der Waals surface area contributed by atoms with Gasteiger partial charge in [-0.05, 0) is 73.9 Å². The molecule has 6 nitrogen and oxygen atoms in total. The van der Waals surface area contributed by atoms with Crippen LogP contribution in [0.5, 0.6) is 5.75 Å². The minimum absolute atomic E-state index is 0.0805. The van der Waals surface area contributed by atoms with Crippen LogP contribution in [-0.2, 0) is 43.0 Å². The van der Waals surface area contributed by atoms with Crippen LogP contribution in [-0.4, -0.2) is 24.3 Å². The number of carbonyl (C=O) groups is 1. The number of hydrogen-bond acceptors (Lipinski definition) is 6. The van der Waals surface area contributed by atoms with Crippen LogP contribution in [0.1, 0.15) is 144 Å². The van der Waals surface area contributed by atoms with Gasteiger partial charge in [-0.25, -0.2) is 0 Å². The quantitative estimate of drug-likeness (QED) is 0.152. The minimum Gasteiger partial charge on any atom is -0.508 e. The van der Waals surface area contributed by atoms with Gasteiger partial charge >= 0.3 is 14.2 Å². The summed E-state index contributed by atoms with van der Waals surface area (Å²) in [5.41, 5.74) is 7.26. The fraction of sp³-hybridized carbons (Fsp3) is 0.558. The van der Waals surface area contributed by atoms with E-state index in [1.54, 1.807) is 6.07 Å². The number of carbonyl (C=O) groups excluding carboxylic acids is 1. The first-order valence-electron chi connectivity index (χ1n) is 17.9. The summed E-state index contributed by atoms with van der Waals surface area (Å²) in [5.74, 6) is -0.0377. The summed E-state index contributed by atoms with van der Waals surface area (Å²) in [6.07, 6.45) is 0.751. The van der Waals surface area contributed by atoms with Crippen molar-refractivity contribution in [3.63, 3.8) is 0 Å². The van der Waals surface area contributed by atoms with Gasteiger partial charge in [0.25, 0.3) is 0 Å². The number of esters is 1. The van der Waals surface area contributed by atoms with Crippen molar-refractivity contribution >= 4 is 36.1 Å². The maximum Gasteiger partial charge on any atom is 0.387 e. The van der Waals surface area contributed by atoms with E-state index in [9.17, 15) is 9.90 Å². The first kappa shape index (κ1) is 39.6. The summed E-state index contributed by atoms with van der Waals surface area (Å²) in [5, 5.41) is 12.3. The predicted octanol–water partition coefficient (Wildman–Crippen LogP) is 12.1. The number of phenols is 1. The summed E-state index contributed by atoms with van der Waals surface area (Å²) >= 11 is 0. The summed E-state index contributed by atoms with van der Waals surface area (Å²) in [4.78, 5) is 12.7. The summed E-state index contributed by atoms with van der Waals surface area (Å²) in [6, 6.07) is 14.6. The Morgan fingerprint density at radius 1 is 0.620 bits per heavy atom. The number of ether oxygens (including phenoxy) is 1. The zero-order valence-electron chi connectivity index (χ0n) is 33.3. The average Bonchev–Trinajstić information content (AvgIpc) is 3.11. The molecular formula is C43H61O6P. The summed E-state index contributed by atoms with van der Waals surface area (Å²) in [7, 11) is -1.88. The second-order valence-electron chi connectivity index (χ2n) is 18.9. The van der Waals surface area contributed by atoms with Gasteiger partial charge in [-0.1, -0.05) is 128 Å². The van der Waals surface area contributed by atoms with Gasteiger partial charge in [0, 0.05) is 28.3 Å². The highest BCUT2D eigenvalue weighted by Gasteiger charge is 2.29. The third-order valence-electron chi connectivity index (χ3n) is 9.18. The molecule has 0 bridgehead atoms. The van der Waals surface area contributed by atoms with Crippen LogP contribution in [0.25, 0.3) is 21.9 Å². The van der Waals surface area contributed by atoms with Gasteiger partial charge in [-0.2, -0.15) is 0 Å². The fourth-order valence-electron chi connectivity index (χ4n) is 5.98. The molecule has 0 aliphatic rings. The number of phenolic OH excluding ortho intramolecular Hbond substituents is 1. The van der Waals surface area contributed by atoms with Crippen molar-refractivity contribution in [2.75, 3.05) is 13.2 Å². The van der Waals surface area contributed by atoms with Crippen LogP contribution in [0.4, 0.5) is 0 Å². The van der Waals surface area contributed by atoms with Crippen molar-refractivity contribution in [3.8, 4) is 5.75 Å². The van der Waals surface area contributed by atoms with E-state index in [-0.39, 0.29) is 58.4 Å². The Balaban J connectivity index is 1.74. The van der Waals surface area contributed by atoms with Crippen LogP contribution in [0.15, 0.2) is 50.9 Å². The standard InChI is InChI=1S/C43H61O6P/c1-39(2,3)28-23-30-31-24-29(40(4,5)6)26-34(43(13,14)15)38(31)49-50(48-37(30)33(25-28)42(10,11)12)47-21-20-46-36(45)19-17-27-16-18-35(44)32(22-27)41(7,8)9/h16,18,22-26,44H,17,19-21H2,1-15H3. The molecular weight excluding hydrogens is 643 g/mol. The molecule has 0 fully saturated rings. The highest BCUT2D eigenvalue weighted by atomic mass is 31.1. The topological polar surface area (TPSA) is 82.0 Å². The van der Waals surface area contributed by atoms with Crippen molar-refractivity contribution in [2.45, 2.75) is 144 Å². The maximum absolute atomic E-state index is 12.7. The zero-order chi connectivity index (χ0) is 37.6. The van der Waals surface area contributed by atoms with Crippen LogP contribution in [0.3, 0.4) is 0 Å². The number of rotatable bonds is 7. The third-order valence-corrected chi connectivity index (χ3v) is 10.2. The Bertz CT molecular complexity index is 1800. The highest BCUT2D eigenvalue weighted by molar-refractivity contribution is 7.31. The van der Waals surface area contributed by atoms with E-state index in [4.69, 9.17) is 17.7 Å². The Kier molecular flexibility index (Phi) is 11.1. The molecule has 50 heavy (non-hydrogen) atoms. The first-order valence-corrected chi connectivity index (χ1v) is 19.0. The lowest BCUT2D eigenvalue weighted by Gasteiger charge is -2.27. The van der Waals surface area contributed by atoms with E-state index >= 15 is 0 Å². The van der Waals surface area contributed by atoms with Gasteiger partial charge in [0.1, 0.15) is 23.5 Å². The second kappa shape index (κ2) is 14.1. The summed E-state index contributed by atoms with van der Waals surface area (Å²) < 4.78 is 25.5. The molecule has 0 aliphatic heterocycles. The molecule has 4 rings (SSSR count). The van der Waals surface area contributed by atoms with Crippen LogP contribution in [0, 0.1) is 0 Å². The van der Waals surface area contributed by atoms with Crippen LogP contribution in [0.2, 0.25) is 0 Å². The minimum atomic E-state index is -1.88. The summed E-state index contributed by atoms with van der Waals surface area (Å²) in [6.45, 7) is 33.1. The molecule has 0 atom stereocenters. The zero-order valence-corrected chi connectivity index (χ0v) is 34.2.